The summed E-state index contributed by atoms with van der Waals surface area (Å²) in [6.07, 6.45) is 4.04. The first-order chi connectivity index (χ1) is 17.2. The zero-order valence-corrected chi connectivity index (χ0v) is 20.3. The van der Waals surface area contributed by atoms with E-state index in [1.165, 1.54) is 34.3 Å². The van der Waals surface area contributed by atoms with Crippen molar-refractivity contribution in [3.8, 4) is 17.4 Å². The molecule has 5 heterocycles. The minimum Gasteiger partial charge on any atom is -0.490 e. The van der Waals surface area contributed by atoms with Gasteiger partial charge in [-0.05, 0) is 29.5 Å². The van der Waals surface area contributed by atoms with Crippen molar-refractivity contribution < 1.29 is 9.47 Å². The Balaban J connectivity index is 1.28. The summed E-state index contributed by atoms with van der Waals surface area (Å²) in [4.78, 5) is 26.4. The fourth-order valence-corrected chi connectivity index (χ4v) is 4.99. The number of aromatic amines is 1. The molecular formula is C22H20N8O3S2. The van der Waals surface area contributed by atoms with Crippen LogP contribution in [0.2, 0.25) is 0 Å². The van der Waals surface area contributed by atoms with Crippen molar-refractivity contribution in [2.24, 2.45) is 0 Å². The van der Waals surface area contributed by atoms with Gasteiger partial charge in [0.1, 0.15) is 0 Å². The van der Waals surface area contributed by atoms with Gasteiger partial charge in [-0.25, -0.2) is 10.1 Å². The minimum atomic E-state index is -0.266. The highest BCUT2D eigenvalue weighted by Crippen LogP contribution is 2.32. The standard InChI is InChI=1S/C22H20N8O3S2/c1-2-34-21-25-20(26-27-21)29-7-6-15-14(18(29)31)11-23-19-24-22(28-30(15)19)35-12-13-4-5-16-17(10-13)33-9-3-8-32-16/h4-7,10-11H,2-3,8-9,12H2,1H3,(H,25,26,27). The average molecular weight is 509 g/mol. The normalized spacial score (nSPS) is 13.4. The molecule has 0 radical (unpaired) electrons. The molecule has 13 heteroatoms. The van der Waals surface area contributed by atoms with Crippen LogP contribution in [0, 0.1) is 0 Å². The highest BCUT2D eigenvalue weighted by molar-refractivity contribution is 7.99. The lowest BCUT2D eigenvalue weighted by Gasteiger charge is -2.08. The van der Waals surface area contributed by atoms with Gasteiger partial charge in [0.25, 0.3) is 11.3 Å². The predicted octanol–water partition coefficient (Wildman–Crippen LogP) is 3.11. The van der Waals surface area contributed by atoms with Gasteiger partial charge in [-0.2, -0.15) is 14.5 Å². The van der Waals surface area contributed by atoms with Crippen LogP contribution in [0.5, 0.6) is 11.5 Å². The van der Waals surface area contributed by atoms with Crippen LogP contribution in [-0.2, 0) is 5.75 Å². The average Bonchev–Trinajstić information content (AvgIpc) is 3.44. The summed E-state index contributed by atoms with van der Waals surface area (Å²) in [6.45, 7) is 3.32. The number of H-pyrrole nitrogens is 1. The number of fused-ring (bicyclic) bond motifs is 4. The molecule has 0 amide bonds. The Bertz CT molecular complexity index is 1600. The van der Waals surface area contributed by atoms with E-state index in [4.69, 9.17) is 9.47 Å². The van der Waals surface area contributed by atoms with Crippen LogP contribution in [0.25, 0.3) is 22.6 Å². The quantitative estimate of drug-likeness (QED) is 0.342. The topological polar surface area (TPSA) is 125 Å². The number of nitrogens with one attached hydrogen (secondary N) is 1. The van der Waals surface area contributed by atoms with E-state index in [0.717, 1.165) is 29.2 Å². The SMILES string of the molecule is CCSc1n[nH]c(-n2ccc3c(cnc4nc(SCc5ccc6c(c5)OCCCO6)nn43)c2=O)n1. The molecule has 0 aliphatic carbocycles. The molecule has 35 heavy (non-hydrogen) atoms. The van der Waals surface area contributed by atoms with Gasteiger partial charge in [0, 0.05) is 24.6 Å². The molecular weight excluding hydrogens is 488 g/mol. The molecule has 1 aromatic carbocycles. The first kappa shape index (κ1) is 21.9. The van der Waals surface area contributed by atoms with Crippen LogP contribution in [0.3, 0.4) is 0 Å². The lowest BCUT2D eigenvalue weighted by Crippen LogP contribution is -2.20. The molecule has 0 fully saturated rings. The van der Waals surface area contributed by atoms with Gasteiger partial charge < -0.3 is 9.47 Å². The Morgan fingerprint density at radius 3 is 2.86 bits per heavy atom. The van der Waals surface area contributed by atoms with Gasteiger partial charge in [0.15, 0.2) is 11.5 Å². The van der Waals surface area contributed by atoms with Crippen molar-refractivity contribution >= 4 is 40.2 Å². The van der Waals surface area contributed by atoms with Crippen molar-refractivity contribution in [2.75, 3.05) is 19.0 Å². The number of thioether (sulfide) groups is 2. The second-order valence-corrected chi connectivity index (χ2v) is 9.82. The molecule has 0 bridgehead atoms. The number of pyridine rings is 1. The van der Waals surface area contributed by atoms with Gasteiger partial charge in [-0.15, -0.1) is 10.2 Å². The first-order valence-electron chi connectivity index (χ1n) is 11.0. The molecule has 0 unspecified atom stereocenters. The molecule has 1 aliphatic rings. The number of hydrogen-bond acceptors (Lipinski definition) is 10. The molecule has 4 aromatic heterocycles. The van der Waals surface area contributed by atoms with E-state index in [9.17, 15) is 4.79 Å². The molecule has 0 atom stereocenters. The summed E-state index contributed by atoms with van der Waals surface area (Å²) in [7, 11) is 0. The van der Waals surface area contributed by atoms with E-state index >= 15 is 0 Å². The summed E-state index contributed by atoms with van der Waals surface area (Å²) in [5, 5.41) is 13.1. The number of rotatable bonds is 6. The molecule has 0 saturated carbocycles. The fraction of sp³-hybridized carbons (Fsp3) is 0.273. The second kappa shape index (κ2) is 9.23. The van der Waals surface area contributed by atoms with E-state index in [0.29, 0.717) is 51.9 Å². The number of aromatic nitrogens is 8. The third-order valence-corrected chi connectivity index (χ3v) is 6.99. The summed E-state index contributed by atoms with van der Waals surface area (Å²) in [5.74, 6) is 3.82. The van der Waals surface area contributed by atoms with Crippen molar-refractivity contribution in [3.05, 3.63) is 52.6 Å². The van der Waals surface area contributed by atoms with Crippen LogP contribution in [0.4, 0.5) is 0 Å². The lowest BCUT2D eigenvalue weighted by atomic mass is 10.2. The predicted molar refractivity (Wildman–Crippen MR) is 132 cm³/mol. The van der Waals surface area contributed by atoms with Crippen LogP contribution in [0.1, 0.15) is 18.9 Å². The second-order valence-electron chi connectivity index (χ2n) is 7.65. The summed E-state index contributed by atoms with van der Waals surface area (Å²) in [6, 6.07) is 7.74. The monoisotopic (exact) mass is 508 g/mol. The van der Waals surface area contributed by atoms with Crippen LogP contribution >= 0.6 is 23.5 Å². The zero-order chi connectivity index (χ0) is 23.8. The molecule has 0 spiro atoms. The molecule has 0 saturated heterocycles. The van der Waals surface area contributed by atoms with Crippen LogP contribution < -0.4 is 15.0 Å². The third-order valence-electron chi connectivity index (χ3n) is 5.35. The maximum absolute atomic E-state index is 13.1. The Hall–Kier alpha value is -3.58. The molecule has 6 rings (SSSR count). The minimum absolute atomic E-state index is 0.266. The van der Waals surface area contributed by atoms with E-state index < -0.39 is 0 Å². The van der Waals surface area contributed by atoms with Gasteiger partial charge in [-0.3, -0.25) is 9.36 Å². The first-order valence-corrected chi connectivity index (χ1v) is 13.0. The summed E-state index contributed by atoms with van der Waals surface area (Å²) < 4.78 is 14.5. The smallest absolute Gasteiger partial charge is 0.268 e. The van der Waals surface area contributed by atoms with Gasteiger partial charge in [0.2, 0.25) is 16.3 Å². The number of hydrogen-bond donors (Lipinski definition) is 1. The highest BCUT2D eigenvalue weighted by atomic mass is 32.2. The van der Waals surface area contributed by atoms with Gasteiger partial charge in [0.05, 0.1) is 24.1 Å². The largest absolute Gasteiger partial charge is 0.490 e. The van der Waals surface area contributed by atoms with Crippen LogP contribution in [0.15, 0.2) is 51.8 Å². The maximum Gasteiger partial charge on any atom is 0.268 e. The number of ether oxygens (including phenoxy) is 2. The Morgan fingerprint density at radius 1 is 1.09 bits per heavy atom. The Labute approximate surface area is 207 Å². The van der Waals surface area contributed by atoms with Crippen molar-refractivity contribution in [1.29, 1.82) is 0 Å². The summed E-state index contributed by atoms with van der Waals surface area (Å²) in [5.41, 5.74) is 1.43. The number of nitrogens with zero attached hydrogens (tertiary/aromatic N) is 7. The maximum atomic E-state index is 13.1. The Kier molecular flexibility index (Phi) is 5.78. The molecule has 11 nitrogen and oxygen atoms in total. The third kappa shape index (κ3) is 4.21. The Morgan fingerprint density at radius 2 is 1.97 bits per heavy atom. The van der Waals surface area contributed by atoms with E-state index in [1.807, 2.05) is 25.1 Å². The van der Waals surface area contributed by atoms with Crippen molar-refractivity contribution in [2.45, 2.75) is 29.4 Å². The molecule has 178 valence electrons. The van der Waals surface area contributed by atoms with Crippen molar-refractivity contribution in [1.82, 2.24) is 39.3 Å². The van der Waals surface area contributed by atoms with Crippen LogP contribution in [-0.4, -0.2) is 58.3 Å². The van der Waals surface area contributed by atoms with E-state index in [2.05, 4.69) is 30.2 Å². The lowest BCUT2D eigenvalue weighted by molar-refractivity contribution is 0.297. The van der Waals surface area contributed by atoms with Crippen molar-refractivity contribution in [3.63, 3.8) is 0 Å². The number of benzene rings is 1. The zero-order valence-electron chi connectivity index (χ0n) is 18.7. The highest BCUT2D eigenvalue weighted by Gasteiger charge is 2.15. The van der Waals surface area contributed by atoms with Gasteiger partial charge >= 0.3 is 0 Å². The van der Waals surface area contributed by atoms with E-state index in [1.54, 1.807) is 16.8 Å². The van der Waals surface area contributed by atoms with E-state index in [-0.39, 0.29) is 5.56 Å². The summed E-state index contributed by atoms with van der Waals surface area (Å²) >= 11 is 2.98. The molecule has 5 aromatic rings. The molecule has 1 aliphatic heterocycles. The van der Waals surface area contributed by atoms with Gasteiger partial charge in [-0.1, -0.05) is 36.5 Å². The molecule has 1 N–H and O–H groups in total. The fourth-order valence-electron chi connectivity index (χ4n) is 3.71.